The molecule has 0 aromatic heterocycles. The van der Waals surface area contributed by atoms with E-state index in [0.29, 0.717) is 31.3 Å². The van der Waals surface area contributed by atoms with Crippen molar-refractivity contribution in [1.29, 1.82) is 0 Å². The van der Waals surface area contributed by atoms with Crippen LogP contribution in [-0.2, 0) is 28.5 Å². The van der Waals surface area contributed by atoms with Crippen molar-refractivity contribution in [3.05, 3.63) is 11.6 Å². The maximum absolute atomic E-state index is 13.1. The molecule has 2 unspecified atom stereocenters. The Bertz CT molecular complexity index is 986. The van der Waals surface area contributed by atoms with Gasteiger partial charge in [0.05, 0.1) is 19.1 Å². The number of esters is 1. The lowest BCUT2D eigenvalue weighted by molar-refractivity contribution is -0.164. The summed E-state index contributed by atoms with van der Waals surface area (Å²) in [6.45, 7) is 4.76. The average molecular weight is 428 g/mol. The molecular weight excluding hydrogens is 400 g/mol. The zero-order chi connectivity index (χ0) is 21.6. The lowest BCUT2D eigenvalue weighted by atomic mass is 9.43. The van der Waals surface area contributed by atoms with Crippen molar-refractivity contribution in [3.8, 4) is 0 Å². The van der Waals surface area contributed by atoms with Crippen LogP contribution in [-0.4, -0.2) is 48.9 Å². The van der Waals surface area contributed by atoms with Gasteiger partial charge in [-0.05, 0) is 43.6 Å². The number of hydrogen-bond donors (Lipinski definition) is 0. The number of ether oxygens (including phenoxy) is 4. The molecule has 2 spiro atoms. The summed E-state index contributed by atoms with van der Waals surface area (Å²) in [5.41, 5.74) is -0.542. The second kappa shape index (κ2) is 5.19. The molecule has 31 heavy (non-hydrogen) atoms. The highest BCUT2D eigenvalue weighted by atomic mass is 16.8. The monoisotopic (exact) mass is 428 g/mol. The first-order valence-corrected chi connectivity index (χ1v) is 11.6. The lowest BCUT2D eigenvalue weighted by Gasteiger charge is -2.59. The van der Waals surface area contributed by atoms with Gasteiger partial charge < -0.3 is 18.9 Å². The third-order valence-corrected chi connectivity index (χ3v) is 10.7. The third kappa shape index (κ3) is 1.80. The van der Waals surface area contributed by atoms with Gasteiger partial charge in [-0.25, -0.2) is 4.79 Å². The van der Waals surface area contributed by atoms with Crippen molar-refractivity contribution < 1.29 is 33.3 Å². The summed E-state index contributed by atoms with van der Waals surface area (Å²) in [5, 5.41) is 0. The van der Waals surface area contributed by atoms with Crippen LogP contribution in [0.3, 0.4) is 0 Å². The Morgan fingerprint density at radius 3 is 2.74 bits per heavy atom. The van der Waals surface area contributed by atoms with E-state index in [-0.39, 0.29) is 46.4 Å². The first kappa shape index (κ1) is 18.7. The van der Waals surface area contributed by atoms with Gasteiger partial charge >= 0.3 is 12.1 Å². The number of rotatable bonds is 1. The van der Waals surface area contributed by atoms with Crippen molar-refractivity contribution in [1.82, 2.24) is 0 Å². The van der Waals surface area contributed by atoms with Crippen molar-refractivity contribution >= 4 is 17.9 Å². The minimum Gasteiger partial charge on any atom is -0.469 e. The molecule has 7 aliphatic rings. The summed E-state index contributed by atoms with van der Waals surface area (Å²) in [6, 6.07) is 0. The van der Waals surface area contributed by atoms with Crippen LogP contribution in [0, 0.1) is 40.4 Å². The van der Waals surface area contributed by atoms with Crippen molar-refractivity contribution in [2.45, 2.75) is 63.3 Å². The molecular formula is C24H28O7. The number of hydrogen-bond acceptors (Lipinski definition) is 7. The molecule has 0 bridgehead atoms. The van der Waals surface area contributed by atoms with Crippen LogP contribution in [0.1, 0.15) is 46.0 Å². The van der Waals surface area contributed by atoms with E-state index in [1.165, 1.54) is 7.11 Å². The maximum Gasteiger partial charge on any atom is 0.509 e. The van der Waals surface area contributed by atoms with Crippen LogP contribution in [0.5, 0.6) is 0 Å². The van der Waals surface area contributed by atoms with Gasteiger partial charge in [-0.3, -0.25) is 9.59 Å². The van der Waals surface area contributed by atoms with Gasteiger partial charge in [0.15, 0.2) is 11.4 Å². The topological polar surface area (TPSA) is 91.4 Å². The fraction of sp³-hybridized carbons (Fsp3) is 0.792. The summed E-state index contributed by atoms with van der Waals surface area (Å²) >= 11 is 0. The van der Waals surface area contributed by atoms with Crippen LogP contribution in [0.15, 0.2) is 11.6 Å². The van der Waals surface area contributed by atoms with Gasteiger partial charge in [-0.1, -0.05) is 19.4 Å². The molecule has 6 fully saturated rings. The van der Waals surface area contributed by atoms with Crippen LogP contribution in [0.25, 0.3) is 0 Å². The number of epoxide rings is 1. The SMILES string of the molecule is COC(=O)[C@@H]1CC2=CC(=O)CC[C@]2(C)[C@@]23O[C@@H]2C[C@@]2(C)C(C13)[C@@H]1C[C@@H]1[C@@]21COC(=O)O1. The van der Waals surface area contributed by atoms with E-state index in [9.17, 15) is 14.4 Å². The zero-order valence-electron chi connectivity index (χ0n) is 18.1. The molecule has 7 heteroatoms. The zero-order valence-corrected chi connectivity index (χ0v) is 18.1. The summed E-state index contributed by atoms with van der Waals surface area (Å²) < 4.78 is 23.3. The Kier molecular flexibility index (Phi) is 3.12. The molecule has 7 rings (SSSR count). The van der Waals surface area contributed by atoms with E-state index in [1.54, 1.807) is 6.08 Å². The Balaban J connectivity index is 1.40. The fourth-order valence-electron chi connectivity index (χ4n) is 9.31. The normalized spacial score (nSPS) is 57.5. The molecule has 4 saturated carbocycles. The van der Waals surface area contributed by atoms with Crippen LogP contribution < -0.4 is 0 Å². The smallest absolute Gasteiger partial charge is 0.469 e. The van der Waals surface area contributed by atoms with E-state index in [2.05, 4.69) is 13.8 Å². The first-order chi connectivity index (χ1) is 14.7. The van der Waals surface area contributed by atoms with E-state index < -0.39 is 17.4 Å². The molecule has 5 aliphatic carbocycles. The number of carbonyl (C=O) groups is 3. The number of fused-ring (bicyclic) bond motifs is 7. The Morgan fingerprint density at radius 2 is 2.03 bits per heavy atom. The predicted molar refractivity (Wildman–Crippen MR) is 105 cm³/mol. The number of ketones is 1. The lowest BCUT2D eigenvalue weighted by Crippen LogP contribution is -2.64. The molecule has 2 aliphatic heterocycles. The minimum atomic E-state index is -0.613. The summed E-state index contributed by atoms with van der Waals surface area (Å²) in [5.74, 6) is 0.456. The van der Waals surface area contributed by atoms with Crippen LogP contribution in [0.4, 0.5) is 4.79 Å². The maximum atomic E-state index is 13.1. The molecule has 166 valence electrons. The second-order valence-corrected chi connectivity index (χ2v) is 11.4. The molecule has 2 saturated heterocycles. The predicted octanol–water partition coefficient (Wildman–Crippen LogP) is 2.81. The quantitative estimate of drug-likeness (QED) is 0.468. The van der Waals surface area contributed by atoms with Crippen LogP contribution >= 0.6 is 0 Å². The van der Waals surface area contributed by atoms with E-state index in [0.717, 1.165) is 24.8 Å². The standard InChI is InChI=1S/C24H28O7/c1-21-5-4-12(25)6-11(21)7-14(19(26)28-3)18-17-13-8-15(13)23(10-29-20(27)31-23)22(17,2)9-16-24(18,21)30-16/h6,13-18H,4-5,7-10H2,1-3H3/t13-,14-,15+,16-,17?,18?,21+,22+,23+,24-/m1/s1. The first-order valence-electron chi connectivity index (χ1n) is 11.6. The van der Waals surface area contributed by atoms with Crippen molar-refractivity contribution in [2.75, 3.05) is 13.7 Å². The van der Waals surface area contributed by atoms with Crippen molar-refractivity contribution in [3.63, 3.8) is 0 Å². The van der Waals surface area contributed by atoms with Crippen LogP contribution in [0.2, 0.25) is 0 Å². The summed E-state index contributed by atoms with van der Waals surface area (Å²) in [4.78, 5) is 37.5. The highest BCUT2D eigenvalue weighted by Gasteiger charge is 2.89. The number of methoxy groups -OCH3 is 1. The number of cyclic esters (lactones) is 1. The summed E-state index contributed by atoms with van der Waals surface area (Å²) in [7, 11) is 1.44. The fourth-order valence-corrected chi connectivity index (χ4v) is 9.31. The third-order valence-electron chi connectivity index (χ3n) is 10.7. The summed E-state index contributed by atoms with van der Waals surface area (Å²) in [6.07, 6.45) is 4.82. The average Bonchev–Trinajstić information content (AvgIpc) is 3.61. The van der Waals surface area contributed by atoms with E-state index >= 15 is 0 Å². The molecule has 10 atom stereocenters. The van der Waals surface area contributed by atoms with Gasteiger partial charge in [0.2, 0.25) is 0 Å². The minimum absolute atomic E-state index is 0.00673. The molecule has 0 radical (unpaired) electrons. The molecule has 0 aromatic carbocycles. The van der Waals surface area contributed by atoms with E-state index in [1.807, 2.05) is 0 Å². The van der Waals surface area contributed by atoms with Gasteiger partial charge in [-0.2, -0.15) is 0 Å². The Morgan fingerprint density at radius 1 is 1.23 bits per heavy atom. The van der Waals surface area contributed by atoms with Crippen molar-refractivity contribution in [2.24, 2.45) is 40.4 Å². The highest BCUT2D eigenvalue weighted by molar-refractivity contribution is 5.92. The molecule has 7 nitrogen and oxygen atoms in total. The van der Waals surface area contributed by atoms with Gasteiger partial charge in [0, 0.05) is 29.1 Å². The Labute approximate surface area is 180 Å². The molecule has 0 aromatic rings. The molecule has 0 amide bonds. The van der Waals surface area contributed by atoms with Gasteiger partial charge in [0.1, 0.15) is 12.2 Å². The largest absolute Gasteiger partial charge is 0.509 e. The van der Waals surface area contributed by atoms with Gasteiger partial charge in [-0.15, -0.1) is 0 Å². The second-order valence-electron chi connectivity index (χ2n) is 11.4. The molecule has 2 heterocycles. The van der Waals surface area contributed by atoms with Gasteiger partial charge in [0.25, 0.3) is 0 Å². The highest BCUT2D eigenvalue weighted by Crippen LogP contribution is 2.83. The molecule has 0 N–H and O–H groups in total. The van der Waals surface area contributed by atoms with E-state index in [4.69, 9.17) is 18.9 Å². The Hall–Kier alpha value is -1.89. The number of carbonyl (C=O) groups excluding carboxylic acids is 3.